The van der Waals surface area contributed by atoms with Crippen LogP contribution in [0.1, 0.15) is 33.1 Å². The van der Waals surface area contributed by atoms with Gasteiger partial charge in [-0.3, -0.25) is 9.59 Å². The van der Waals surface area contributed by atoms with Crippen LogP contribution < -0.4 is 0 Å². The number of carbonyl (C=O) groups is 3. The van der Waals surface area contributed by atoms with Gasteiger partial charge in [-0.25, -0.2) is 4.79 Å². The van der Waals surface area contributed by atoms with Crippen molar-refractivity contribution < 1.29 is 23.9 Å². The van der Waals surface area contributed by atoms with Crippen LogP contribution in [-0.2, 0) is 23.9 Å². The van der Waals surface area contributed by atoms with Crippen molar-refractivity contribution in [3.8, 4) is 0 Å². The molecule has 18 heavy (non-hydrogen) atoms. The smallest absolute Gasteiger partial charge is 0.347 e. The highest BCUT2D eigenvalue weighted by Gasteiger charge is 2.24. The van der Waals surface area contributed by atoms with Crippen molar-refractivity contribution in [3.05, 3.63) is 0 Å². The molecule has 0 aromatic heterocycles. The van der Waals surface area contributed by atoms with Crippen LogP contribution in [0, 0.1) is 0 Å². The third-order valence-electron chi connectivity index (χ3n) is 1.93. The van der Waals surface area contributed by atoms with Crippen molar-refractivity contribution in [1.29, 1.82) is 0 Å². The average molecular weight is 299 g/mol. The minimum Gasteiger partial charge on any atom is -0.463 e. The number of ether oxygens (including phenoxy) is 2. The van der Waals surface area contributed by atoms with Crippen molar-refractivity contribution in [3.63, 3.8) is 0 Å². The molecule has 0 aromatic rings. The molecule has 0 radical (unpaired) electrons. The van der Waals surface area contributed by atoms with E-state index in [1.165, 1.54) is 6.92 Å². The van der Waals surface area contributed by atoms with Crippen molar-refractivity contribution in [2.75, 3.05) is 6.61 Å². The number of rotatable bonds is 8. The van der Waals surface area contributed by atoms with E-state index >= 15 is 0 Å². The number of hydrogen-bond donors (Lipinski definition) is 0. The quantitative estimate of drug-likeness (QED) is 0.506. The molecule has 0 bridgehead atoms. The Balaban J connectivity index is 4.28. The summed E-state index contributed by atoms with van der Waals surface area (Å²) in [5, 5.41) is 0. The third kappa shape index (κ3) is 8.31. The second-order valence-corrected chi connectivity index (χ2v) is 4.80. The first kappa shape index (κ1) is 17.2. The molecule has 0 saturated carbocycles. The first-order valence-electron chi connectivity index (χ1n) is 5.50. The summed E-state index contributed by atoms with van der Waals surface area (Å²) in [6.45, 7) is 3.00. The maximum Gasteiger partial charge on any atom is 0.347 e. The Hall–Kier alpha value is -0.810. The molecule has 0 aliphatic rings. The number of esters is 2. The largest absolute Gasteiger partial charge is 0.463 e. The van der Waals surface area contributed by atoms with Crippen LogP contribution in [-0.4, -0.2) is 35.3 Å². The van der Waals surface area contributed by atoms with Gasteiger partial charge in [0.25, 0.3) is 0 Å². The van der Waals surface area contributed by atoms with E-state index in [9.17, 15) is 14.4 Å². The predicted octanol–water partition coefficient (Wildman–Crippen LogP) is 2.02. The highest BCUT2D eigenvalue weighted by molar-refractivity contribution is 6.45. The molecule has 0 unspecified atom stereocenters. The lowest BCUT2D eigenvalue weighted by Crippen LogP contribution is -2.29. The van der Waals surface area contributed by atoms with E-state index in [0.717, 1.165) is 0 Å². The molecule has 7 heteroatoms. The molecule has 1 atom stereocenters. The summed E-state index contributed by atoms with van der Waals surface area (Å²) in [7, 11) is 0. The Morgan fingerprint density at radius 1 is 1.22 bits per heavy atom. The first-order valence-corrected chi connectivity index (χ1v) is 6.37. The molecule has 0 amide bonds. The summed E-state index contributed by atoms with van der Waals surface area (Å²) in [4.78, 5) is 32.9. The zero-order chi connectivity index (χ0) is 14.1. The van der Waals surface area contributed by atoms with Gasteiger partial charge in [0, 0.05) is 26.2 Å². The second kappa shape index (κ2) is 9.16. The standard InChI is InChI=1S/C11H16Cl2O5/c1-3-17-11(16)9(18-7(2)14)5-4-8(15)6-10(12)13/h9-10H,3-6H2,1-2H3/t9-/m1/s1. The minimum absolute atomic E-state index is 0.00126. The number of ketones is 1. The van der Waals surface area contributed by atoms with Gasteiger partial charge < -0.3 is 9.47 Å². The van der Waals surface area contributed by atoms with E-state index in [2.05, 4.69) is 0 Å². The van der Waals surface area contributed by atoms with Gasteiger partial charge in [0.1, 0.15) is 10.6 Å². The average Bonchev–Trinajstić information content (AvgIpc) is 2.22. The van der Waals surface area contributed by atoms with Gasteiger partial charge in [-0.05, 0) is 6.92 Å². The molecule has 0 aliphatic heterocycles. The monoisotopic (exact) mass is 298 g/mol. The zero-order valence-electron chi connectivity index (χ0n) is 10.3. The maximum absolute atomic E-state index is 11.5. The number of hydrogen-bond acceptors (Lipinski definition) is 5. The Morgan fingerprint density at radius 3 is 2.28 bits per heavy atom. The summed E-state index contributed by atoms with van der Waals surface area (Å²) in [5.74, 6) is -1.46. The maximum atomic E-state index is 11.5. The van der Waals surface area contributed by atoms with Crippen molar-refractivity contribution in [2.45, 2.75) is 44.1 Å². The van der Waals surface area contributed by atoms with Crippen LogP contribution in [0.5, 0.6) is 0 Å². The van der Waals surface area contributed by atoms with E-state index in [4.69, 9.17) is 32.7 Å². The summed E-state index contributed by atoms with van der Waals surface area (Å²) in [6, 6.07) is 0. The summed E-state index contributed by atoms with van der Waals surface area (Å²) < 4.78 is 9.53. The van der Waals surface area contributed by atoms with Gasteiger partial charge in [-0.15, -0.1) is 23.2 Å². The fourth-order valence-corrected chi connectivity index (χ4v) is 1.57. The normalized spacial score (nSPS) is 12.1. The van der Waals surface area contributed by atoms with Crippen LogP contribution in [0.3, 0.4) is 0 Å². The molecular weight excluding hydrogens is 283 g/mol. The number of alkyl halides is 2. The highest BCUT2D eigenvalue weighted by atomic mass is 35.5. The molecule has 104 valence electrons. The highest BCUT2D eigenvalue weighted by Crippen LogP contribution is 2.12. The molecular formula is C11H16Cl2O5. The first-order chi connectivity index (χ1) is 8.36. The fourth-order valence-electron chi connectivity index (χ4n) is 1.23. The molecule has 0 N–H and O–H groups in total. The van der Waals surface area contributed by atoms with Crippen LogP contribution >= 0.6 is 23.2 Å². The van der Waals surface area contributed by atoms with Crippen LogP contribution in [0.2, 0.25) is 0 Å². The molecule has 0 spiro atoms. The van der Waals surface area contributed by atoms with Crippen molar-refractivity contribution in [2.24, 2.45) is 0 Å². The van der Waals surface area contributed by atoms with Gasteiger partial charge in [-0.2, -0.15) is 0 Å². The van der Waals surface area contributed by atoms with Gasteiger partial charge >= 0.3 is 11.9 Å². The van der Waals surface area contributed by atoms with Gasteiger partial charge in [0.2, 0.25) is 0 Å². The van der Waals surface area contributed by atoms with Crippen LogP contribution in [0.25, 0.3) is 0 Å². The Morgan fingerprint density at radius 2 is 1.83 bits per heavy atom. The lowest BCUT2D eigenvalue weighted by Gasteiger charge is -2.15. The molecule has 0 rings (SSSR count). The van der Waals surface area contributed by atoms with Gasteiger partial charge in [0.15, 0.2) is 6.10 Å². The third-order valence-corrected chi connectivity index (χ3v) is 2.23. The minimum atomic E-state index is -1.06. The number of Topliss-reactive ketones (excluding diaryl/α,β-unsaturated/α-hetero) is 1. The van der Waals surface area contributed by atoms with E-state index < -0.39 is 22.9 Å². The Kier molecular flexibility index (Phi) is 8.75. The predicted molar refractivity (Wildman–Crippen MR) is 66.5 cm³/mol. The summed E-state index contributed by atoms with van der Waals surface area (Å²) in [5.41, 5.74) is 0. The summed E-state index contributed by atoms with van der Waals surface area (Å²) >= 11 is 10.9. The fraction of sp³-hybridized carbons (Fsp3) is 0.727. The molecule has 5 nitrogen and oxygen atoms in total. The Labute approximate surface area is 116 Å². The van der Waals surface area contributed by atoms with Crippen LogP contribution in [0.4, 0.5) is 0 Å². The molecule has 0 aromatic carbocycles. The van der Waals surface area contributed by atoms with Crippen LogP contribution in [0.15, 0.2) is 0 Å². The van der Waals surface area contributed by atoms with Crippen molar-refractivity contribution >= 4 is 40.9 Å². The van der Waals surface area contributed by atoms with E-state index in [-0.39, 0.29) is 31.7 Å². The zero-order valence-corrected chi connectivity index (χ0v) is 11.8. The molecule has 0 fully saturated rings. The SMILES string of the molecule is CCOC(=O)[C@@H](CCC(=O)CC(Cl)Cl)OC(C)=O. The van der Waals surface area contributed by atoms with E-state index in [0.29, 0.717) is 0 Å². The lowest BCUT2D eigenvalue weighted by molar-refractivity contribution is -0.167. The summed E-state index contributed by atoms with van der Waals surface area (Å²) in [6.07, 6.45) is -0.945. The topological polar surface area (TPSA) is 69.7 Å². The second-order valence-electron chi connectivity index (χ2n) is 3.52. The molecule has 0 heterocycles. The number of carbonyl (C=O) groups excluding carboxylic acids is 3. The lowest BCUT2D eigenvalue weighted by atomic mass is 10.1. The van der Waals surface area contributed by atoms with Gasteiger partial charge in [0.05, 0.1) is 6.61 Å². The molecule has 0 saturated heterocycles. The van der Waals surface area contributed by atoms with Crippen molar-refractivity contribution in [1.82, 2.24) is 0 Å². The Bertz CT molecular complexity index is 304. The number of halogens is 2. The molecule has 0 aliphatic carbocycles. The van der Waals surface area contributed by atoms with E-state index in [1.54, 1.807) is 6.92 Å². The van der Waals surface area contributed by atoms with Gasteiger partial charge in [-0.1, -0.05) is 0 Å². The van der Waals surface area contributed by atoms with E-state index in [1.807, 2.05) is 0 Å².